The van der Waals surface area contributed by atoms with Gasteiger partial charge in [-0.1, -0.05) is 39.8 Å². The molecule has 0 aliphatic carbocycles. The minimum Gasteiger partial charge on any atom is -0.490 e. The van der Waals surface area contributed by atoms with Gasteiger partial charge in [0.15, 0.2) is 0 Å². The maximum Gasteiger partial charge on any atom is 0.524 e. The Bertz CT molecular complexity index is 589. The highest BCUT2D eigenvalue weighted by molar-refractivity contribution is 7.46. The molecule has 23 heavy (non-hydrogen) atoms. The Hall–Kier alpha value is -1.29. The van der Waals surface area contributed by atoms with Crippen LogP contribution in [0.4, 0.5) is 0 Å². The molecule has 0 heterocycles. The first-order chi connectivity index (χ1) is 10.5. The fraction of sp³-hybridized carbons (Fsp3) is 0.529. The predicted molar refractivity (Wildman–Crippen MR) is 91.9 cm³/mol. The van der Waals surface area contributed by atoms with E-state index in [2.05, 4.69) is 32.2 Å². The Morgan fingerprint density at radius 2 is 1.61 bits per heavy atom. The molecular formula is C17H27O5P. The molecule has 0 unspecified atom stereocenters. The standard InChI is InChI=1S/C17H27O5P/c1-11(2)16(12(3)4)17(21-13(5)6)14-8-7-9-15(10-14)22-23(18,19)20/h7-13H,1-6H3,(H2,18,19,20). The van der Waals surface area contributed by atoms with Gasteiger partial charge in [0.1, 0.15) is 11.5 Å². The Kier molecular flexibility index (Phi) is 6.87. The smallest absolute Gasteiger partial charge is 0.490 e. The van der Waals surface area contributed by atoms with Gasteiger partial charge in [-0.3, -0.25) is 9.79 Å². The average Bonchev–Trinajstić information content (AvgIpc) is 2.34. The molecule has 0 saturated heterocycles. The molecule has 6 heteroatoms. The maximum atomic E-state index is 11.0. The third-order valence-electron chi connectivity index (χ3n) is 3.18. The first-order valence-corrected chi connectivity index (χ1v) is 9.30. The van der Waals surface area contributed by atoms with Gasteiger partial charge in [0.2, 0.25) is 0 Å². The van der Waals surface area contributed by atoms with Crippen LogP contribution in [0.2, 0.25) is 0 Å². The minimum absolute atomic E-state index is 0.0103. The normalized spacial score (nSPS) is 12.0. The lowest BCUT2D eigenvalue weighted by Crippen LogP contribution is -2.11. The summed E-state index contributed by atoms with van der Waals surface area (Å²) >= 11 is 0. The summed E-state index contributed by atoms with van der Waals surface area (Å²) in [5.41, 5.74) is 1.91. The second kappa shape index (κ2) is 8.00. The Morgan fingerprint density at radius 3 is 2.04 bits per heavy atom. The number of hydrogen-bond donors (Lipinski definition) is 2. The van der Waals surface area contributed by atoms with E-state index in [9.17, 15) is 4.57 Å². The molecule has 0 spiro atoms. The molecule has 0 bridgehead atoms. The van der Waals surface area contributed by atoms with Crippen molar-refractivity contribution in [2.45, 2.75) is 47.6 Å². The van der Waals surface area contributed by atoms with E-state index in [1.54, 1.807) is 12.1 Å². The molecule has 0 amide bonds. The first kappa shape index (κ1) is 19.8. The van der Waals surface area contributed by atoms with Crippen molar-refractivity contribution in [2.24, 2.45) is 11.8 Å². The van der Waals surface area contributed by atoms with Crippen LogP contribution in [0.1, 0.15) is 47.1 Å². The molecule has 0 radical (unpaired) electrons. The van der Waals surface area contributed by atoms with Crippen molar-refractivity contribution < 1.29 is 23.6 Å². The zero-order chi connectivity index (χ0) is 17.8. The lowest BCUT2D eigenvalue weighted by molar-refractivity contribution is 0.199. The first-order valence-electron chi connectivity index (χ1n) is 7.77. The van der Waals surface area contributed by atoms with E-state index >= 15 is 0 Å². The molecule has 1 rings (SSSR count). The third-order valence-corrected chi connectivity index (χ3v) is 3.63. The van der Waals surface area contributed by atoms with Crippen LogP contribution in [-0.4, -0.2) is 15.9 Å². The van der Waals surface area contributed by atoms with Crippen molar-refractivity contribution in [2.75, 3.05) is 0 Å². The lowest BCUT2D eigenvalue weighted by atomic mass is 9.89. The Morgan fingerprint density at radius 1 is 1.04 bits per heavy atom. The zero-order valence-electron chi connectivity index (χ0n) is 14.6. The van der Waals surface area contributed by atoms with E-state index in [4.69, 9.17) is 14.5 Å². The van der Waals surface area contributed by atoms with Crippen LogP contribution in [0.5, 0.6) is 5.75 Å². The highest BCUT2D eigenvalue weighted by Gasteiger charge is 2.21. The van der Waals surface area contributed by atoms with E-state index in [1.165, 1.54) is 6.07 Å². The van der Waals surface area contributed by atoms with Gasteiger partial charge in [-0.25, -0.2) is 4.57 Å². The van der Waals surface area contributed by atoms with Crippen LogP contribution in [0.3, 0.4) is 0 Å². The summed E-state index contributed by atoms with van der Waals surface area (Å²) in [7, 11) is -4.58. The molecule has 2 N–H and O–H groups in total. The summed E-state index contributed by atoms with van der Waals surface area (Å²) in [6.45, 7) is 12.3. The molecule has 0 aromatic heterocycles. The molecular weight excluding hydrogens is 315 g/mol. The third kappa shape index (κ3) is 6.38. The van der Waals surface area contributed by atoms with E-state index in [0.717, 1.165) is 16.9 Å². The lowest BCUT2D eigenvalue weighted by Gasteiger charge is -2.24. The van der Waals surface area contributed by atoms with Crippen molar-refractivity contribution in [3.63, 3.8) is 0 Å². The van der Waals surface area contributed by atoms with Crippen molar-refractivity contribution in [1.29, 1.82) is 0 Å². The molecule has 1 aromatic carbocycles. The maximum absolute atomic E-state index is 11.0. The summed E-state index contributed by atoms with van der Waals surface area (Å²) in [5.74, 6) is 1.44. The molecule has 130 valence electrons. The molecule has 1 aromatic rings. The Labute approximate surface area is 138 Å². The number of ether oxygens (including phenoxy) is 1. The fourth-order valence-corrected chi connectivity index (χ4v) is 2.95. The highest BCUT2D eigenvalue weighted by Crippen LogP contribution is 2.39. The van der Waals surface area contributed by atoms with Crippen molar-refractivity contribution in [1.82, 2.24) is 0 Å². The van der Waals surface area contributed by atoms with Gasteiger partial charge in [-0.15, -0.1) is 0 Å². The Balaban J connectivity index is 3.41. The molecule has 0 aliphatic rings. The van der Waals surface area contributed by atoms with Crippen LogP contribution in [0, 0.1) is 11.8 Å². The van der Waals surface area contributed by atoms with Gasteiger partial charge in [-0.05, 0) is 43.4 Å². The van der Waals surface area contributed by atoms with Crippen LogP contribution in [-0.2, 0) is 9.30 Å². The van der Waals surface area contributed by atoms with E-state index < -0.39 is 7.82 Å². The summed E-state index contributed by atoms with van der Waals surface area (Å²) in [6, 6.07) is 6.67. The monoisotopic (exact) mass is 342 g/mol. The van der Waals surface area contributed by atoms with E-state index in [-0.39, 0.29) is 23.7 Å². The topological polar surface area (TPSA) is 76.0 Å². The predicted octanol–water partition coefficient (Wildman–Crippen LogP) is 4.61. The van der Waals surface area contributed by atoms with Crippen molar-refractivity contribution in [3.8, 4) is 5.75 Å². The molecule has 5 nitrogen and oxygen atoms in total. The average molecular weight is 342 g/mol. The quantitative estimate of drug-likeness (QED) is 0.559. The minimum atomic E-state index is -4.58. The number of allylic oxidation sites excluding steroid dienone is 1. The van der Waals surface area contributed by atoms with Gasteiger partial charge in [0.05, 0.1) is 6.10 Å². The van der Waals surface area contributed by atoms with Gasteiger partial charge in [0.25, 0.3) is 0 Å². The molecule has 0 atom stereocenters. The highest BCUT2D eigenvalue weighted by atomic mass is 31.2. The SMILES string of the molecule is CC(C)OC(=C(C(C)C)C(C)C)c1cccc(OP(=O)(O)O)c1. The number of benzene rings is 1. The number of phosphoric ester groups is 1. The number of hydrogen-bond acceptors (Lipinski definition) is 3. The summed E-state index contributed by atoms with van der Waals surface area (Å²) in [6.07, 6.45) is -0.0103. The summed E-state index contributed by atoms with van der Waals surface area (Å²) in [5, 5.41) is 0. The van der Waals surface area contributed by atoms with Crippen molar-refractivity contribution in [3.05, 3.63) is 35.4 Å². The van der Waals surface area contributed by atoms with Crippen LogP contribution < -0.4 is 4.52 Å². The number of rotatable bonds is 7. The van der Waals surface area contributed by atoms with Crippen LogP contribution in [0.25, 0.3) is 5.76 Å². The second-order valence-electron chi connectivity index (χ2n) is 6.37. The summed E-state index contributed by atoms with van der Waals surface area (Å²) < 4.78 is 21.8. The van der Waals surface area contributed by atoms with E-state index in [1.807, 2.05) is 19.9 Å². The van der Waals surface area contributed by atoms with Gasteiger partial charge < -0.3 is 9.26 Å². The zero-order valence-corrected chi connectivity index (χ0v) is 15.5. The molecule has 0 fully saturated rings. The van der Waals surface area contributed by atoms with Gasteiger partial charge in [-0.2, -0.15) is 0 Å². The molecule has 0 saturated carbocycles. The number of phosphoric acid groups is 1. The van der Waals surface area contributed by atoms with Gasteiger partial charge in [0, 0.05) is 5.56 Å². The second-order valence-corrected chi connectivity index (χ2v) is 7.53. The van der Waals surface area contributed by atoms with E-state index in [0.29, 0.717) is 0 Å². The van der Waals surface area contributed by atoms with Crippen molar-refractivity contribution >= 4 is 13.6 Å². The largest absolute Gasteiger partial charge is 0.524 e. The van der Waals surface area contributed by atoms with Crippen LogP contribution >= 0.6 is 7.82 Å². The van der Waals surface area contributed by atoms with Crippen LogP contribution in [0.15, 0.2) is 29.8 Å². The summed E-state index contributed by atoms with van der Waals surface area (Å²) in [4.78, 5) is 18.0. The van der Waals surface area contributed by atoms with Gasteiger partial charge >= 0.3 is 7.82 Å². The molecule has 0 aliphatic heterocycles. The fourth-order valence-electron chi connectivity index (χ4n) is 2.56.